The van der Waals surface area contributed by atoms with E-state index in [0.717, 1.165) is 35.8 Å². The van der Waals surface area contributed by atoms with Crippen molar-refractivity contribution in [1.82, 2.24) is 9.47 Å². The monoisotopic (exact) mass is 457 g/mol. The van der Waals surface area contributed by atoms with Crippen LogP contribution in [0.2, 0.25) is 0 Å². The van der Waals surface area contributed by atoms with Crippen molar-refractivity contribution in [2.45, 2.75) is 31.2 Å². The third kappa shape index (κ3) is 3.76. The van der Waals surface area contributed by atoms with E-state index < -0.39 is 5.41 Å². The van der Waals surface area contributed by atoms with E-state index in [9.17, 15) is 9.59 Å². The van der Waals surface area contributed by atoms with Crippen molar-refractivity contribution in [3.05, 3.63) is 63.1 Å². The number of benzene rings is 2. The second kappa shape index (κ2) is 7.80. The number of likely N-dealkylation sites (N-methyl/N-ethyl adjacent to an activating group) is 1. The van der Waals surface area contributed by atoms with Gasteiger partial charge < -0.3 is 14.6 Å². The number of oxazole rings is 1. The summed E-state index contributed by atoms with van der Waals surface area (Å²) < 4.78 is 7.95. The molecular formula is C22H24BrN3O3. The predicted molar refractivity (Wildman–Crippen MR) is 117 cm³/mol. The van der Waals surface area contributed by atoms with Gasteiger partial charge in [0.15, 0.2) is 5.58 Å². The molecular weight excluding hydrogens is 434 g/mol. The van der Waals surface area contributed by atoms with Crippen LogP contribution in [-0.2, 0) is 16.8 Å². The maximum Gasteiger partial charge on any atom is 0.419 e. The van der Waals surface area contributed by atoms with Gasteiger partial charge in [-0.2, -0.15) is 0 Å². The van der Waals surface area contributed by atoms with Gasteiger partial charge in [0.2, 0.25) is 5.91 Å². The first kappa shape index (κ1) is 19.9. The molecule has 1 saturated carbocycles. The number of hydrogen-bond acceptors (Lipinski definition) is 4. The number of rotatable bonds is 6. The first-order chi connectivity index (χ1) is 13.9. The lowest BCUT2D eigenvalue weighted by Crippen LogP contribution is -2.46. The van der Waals surface area contributed by atoms with Crippen molar-refractivity contribution >= 4 is 38.6 Å². The highest BCUT2D eigenvalue weighted by atomic mass is 79.9. The minimum absolute atomic E-state index is 0.00361. The van der Waals surface area contributed by atoms with Gasteiger partial charge in [-0.1, -0.05) is 34.5 Å². The van der Waals surface area contributed by atoms with Crippen molar-refractivity contribution in [2.75, 3.05) is 26.0 Å². The lowest BCUT2D eigenvalue weighted by atomic mass is 9.64. The Bertz CT molecular complexity index is 1090. The van der Waals surface area contributed by atoms with Gasteiger partial charge in [0.05, 0.1) is 10.9 Å². The zero-order valence-corrected chi connectivity index (χ0v) is 18.2. The van der Waals surface area contributed by atoms with E-state index in [1.54, 1.807) is 16.7 Å². The molecule has 1 heterocycles. The molecule has 0 aliphatic heterocycles. The lowest BCUT2D eigenvalue weighted by molar-refractivity contribution is -0.124. The molecule has 0 unspecified atom stereocenters. The first-order valence-electron chi connectivity index (χ1n) is 9.75. The zero-order valence-electron chi connectivity index (χ0n) is 16.6. The Morgan fingerprint density at radius 1 is 1.21 bits per heavy atom. The average Bonchev–Trinajstić information content (AvgIpc) is 2.95. The largest absolute Gasteiger partial charge is 0.419 e. The topological polar surface area (TPSA) is 67.5 Å². The van der Waals surface area contributed by atoms with E-state index in [1.165, 1.54) is 0 Å². The van der Waals surface area contributed by atoms with E-state index in [1.807, 2.05) is 49.3 Å². The number of amides is 1. The molecule has 4 rings (SSSR count). The summed E-state index contributed by atoms with van der Waals surface area (Å²) in [6.45, 7) is 1.25. The van der Waals surface area contributed by atoms with Crippen LogP contribution in [0.1, 0.15) is 24.8 Å². The highest BCUT2D eigenvalue weighted by Crippen LogP contribution is 2.45. The number of halogens is 1. The van der Waals surface area contributed by atoms with Crippen LogP contribution in [0.4, 0.5) is 5.69 Å². The summed E-state index contributed by atoms with van der Waals surface area (Å²) in [6.07, 6.45) is 2.71. The van der Waals surface area contributed by atoms with Gasteiger partial charge in [0, 0.05) is 23.2 Å². The minimum Gasteiger partial charge on any atom is -0.408 e. The number of carbonyl (C=O) groups excluding carboxylic acids is 1. The maximum atomic E-state index is 13.2. The number of nitrogens with zero attached hydrogens (tertiary/aromatic N) is 2. The van der Waals surface area contributed by atoms with Crippen molar-refractivity contribution in [3.8, 4) is 0 Å². The van der Waals surface area contributed by atoms with Crippen molar-refractivity contribution in [3.63, 3.8) is 0 Å². The van der Waals surface area contributed by atoms with Crippen LogP contribution in [0.25, 0.3) is 11.1 Å². The quantitative estimate of drug-likeness (QED) is 0.607. The SMILES string of the molecule is CN(C)CCn1c(=O)oc2ccc(NC(=O)C3(c4ccc(Br)cc4)CCC3)cc21. The standard InChI is InChI=1S/C22H24BrN3O3/c1-25(2)12-13-26-18-14-17(8-9-19(18)29-21(26)28)24-20(27)22(10-3-11-22)15-4-6-16(23)7-5-15/h4-9,14H,3,10-13H2,1-2H3,(H,24,27). The van der Waals surface area contributed by atoms with E-state index >= 15 is 0 Å². The smallest absolute Gasteiger partial charge is 0.408 e. The van der Waals surface area contributed by atoms with Gasteiger partial charge in [0.25, 0.3) is 0 Å². The molecule has 0 saturated heterocycles. The summed E-state index contributed by atoms with van der Waals surface area (Å²) in [5, 5.41) is 3.07. The van der Waals surface area contributed by atoms with Gasteiger partial charge in [-0.3, -0.25) is 9.36 Å². The lowest BCUT2D eigenvalue weighted by Gasteiger charge is -2.40. The van der Waals surface area contributed by atoms with Crippen molar-refractivity contribution in [2.24, 2.45) is 0 Å². The zero-order chi connectivity index (χ0) is 20.6. The fourth-order valence-corrected chi connectivity index (χ4v) is 4.11. The van der Waals surface area contributed by atoms with E-state index in [-0.39, 0.29) is 11.7 Å². The van der Waals surface area contributed by atoms with Crippen LogP contribution in [0, 0.1) is 0 Å². The Labute approximate surface area is 177 Å². The van der Waals surface area contributed by atoms with E-state index in [2.05, 4.69) is 21.2 Å². The molecule has 6 nitrogen and oxygen atoms in total. The average molecular weight is 458 g/mol. The van der Waals surface area contributed by atoms with Gasteiger partial charge in [-0.05, 0) is 62.8 Å². The fraction of sp³-hybridized carbons (Fsp3) is 0.364. The summed E-state index contributed by atoms with van der Waals surface area (Å²) in [6, 6.07) is 13.3. The summed E-state index contributed by atoms with van der Waals surface area (Å²) in [4.78, 5) is 27.4. The number of nitrogens with one attached hydrogen (secondary N) is 1. The van der Waals surface area contributed by atoms with Crippen LogP contribution < -0.4 is 11.1 Å². The molecule has 1 N–H and O–H groups in total. The van der Waals surface area contributed by atoms with Gasteiger partial charge in [-0.15, -0.1) is 0 Å². The first-order valence-corrected chi connectivity index (χ1v) is 10.5. The molecule has 1 fully saturated rings. The van der Waals surface area contributed by atoms with Crippen LogP contribution in [0.5, 0.6) is 0 Å². The third-order valence-corrected chi connectivity index (χ3v) is 6.26. The van der Waals surface area contributed by atoms with Crippen molar-refractivity contribution < 1.29 is 9.21 Å². The molecule has 1 aromatic heterocycles. The van der Waals surface area contributed by atoms with E-state index in [0.29, 0.717) is 23.3 Å². The normalized spacial score (nSPS) is 15.4. The Hall–Kier alpha value is -2.38. The minimum atomic E-state index is -0.489. The molecule has 1 amide bonds. The second-order valence-corrected chi connectivity index (χ2v) is 8.82. The van der Waals surface area contributed by atoms with Gasteiger partial charge >= 0.3 is 5.76 Å². The van der Waals surface area contributed by atoms with Gasteiger partial charge in [-0.25, -0.2) is 4.79 Å². The fourth-order valence-electron chi connectivity index (χ4n) is 3.85. The number of hydrogen-bond donors (Lipinski definition) is 1. The molecule has 152 valence electrons. The van der Waals surface area contributed by atoms with Crippen molar-refractivity contribution in [1.29, 1.82) is 0 Å². The molecule has 29 heavy (non-hydrogen) atoms. The Kier molecular flexibility index (Phi) is 5.36. The number of anilines is 1. The maximum absolute atomic E-state index is 13.2. The molecule has 1 aliphatic carbocycles. The summed E-state index contributed by atoms with van der Waals surface area (Å²) in [5.41, 5.74) is 2.44. The van der Waals surface area contributed by atoms with Crippen LogP contribution in [0.15, 0.2) is 56.1 Å². The number of carbonyl (C=O) groups is 1. The predicted octanol–water partition coefficient (Wildman–Crippen LogP) is 3.98. The molecule has 0 atom stereocenters. The molecule has 0 spiro atoms. The van der Waals surface area contributed by atoms with E-state index in [4.69, 9.17) is 4.42 Å². The summed E-state index contributed by atoms with van der Waals surface area (Å²) in [7, 11) is 3.91. The molecule has 3 aromatic rings. The number of fused-ring (bicyclic) bond motifs is 1. The molecule has 7 heteroatoms. The highest BCUT2D eigenvalue weighted by Gasteiger charge is 2.45. The number of aromatic nitrogens is 1. The van der Waals surface area contributed by atoms with Gasteiger partial charge in [0.1, 0.15) is 0 Å². The van der Waals surface area contributed by atoms with Crippen LogP contribution >= 0.6 is 15.9 Å². The molecule has 0 bridgehead atoms. The second-order valence-electron chi connectivity index (χ2n) is 7.90. The van der Waals surface area contributed by atoms with Crippen LogP contribution in [-0.4, -0.2) is 36.0 Å². The summed E-state index contributed by atoms with van der Waals surface area (Å²) in [5.74, 6) is -0.383. The summed E-state index contributed by atoms with van der Waals surface area (Å²) >= 11 is 3.46. The Morgan fingerprint density at radius 2 is 1.93 bits per heavy atom. The highest BCUT2D eigenvalue weighted by molar-refractivity contribution is 9.10. The molecule has 0 radical (unpaired) electrons. The van der Waals surface area contributed by atoms with Crippen LogP contribution in [0.3, 0.4) is 0 Å². The Balaban J connectivity index is 1.61. The molecule has 1 aliphatic rings. The molecule has 2 aromatic carbocycles. The third-order valence-electron chi connectivity index (χ3n) is 5.73. The Morgan fingerprint density at radius 3 is 2.55 bits per heavy atom.